The molecule has 0 N–H and O–H groups in total. The van der Waals surface area contributed by atoms with E-state index in [4.69, 9.17) is 9.47 Å². The molecule has 0 saturated heterocycles. The Balaban J connectivity index is 1.37. The van der Waals surface area contributed by atoms with Gasteiger partial charge in [-0.05, 0) is 66.3 Å². The zero-order valence-corrected chi connectivity index (χ0v) is 24.4. The van der Waals surface area contributed by atoms with E-state index in [-0.39, 0.29) is 12.1 Å². The highest BCUT2D eigenvalue weighted by Crippen LogP contribution is 2.26. The molecule has 0 bridgehead atoms. The molecule has 3 nitrogen and oxygen atoms in total. The average molecular weight is 529 g/mol. The fourth-order valence-electron chi connectivity index (χ4n) is 4.87. The van der Waals surface area contributed by atoms with E-state index in [1.165, 1.54) is 68.9 Å². The van der Waals surface area contributed by atoms with Crippen molar-refractivity contribution in [1.82, 2.24) is 0 Å². The highest BCUT2D eigenvalue weighted by Gasteiger charge is 2.10. The predicted octanol–water partition coefficient (Wildman–Crippen LogP) is 10.5. The zero-order chi connectivity index (χ0) is 27.7. The second-order valence-electron chi connectivity index (χ2n) is 10.7. The molecule has 0 saturated carbocycles. The van der Waals surface area contributed by atoms with Crippen molar-refractivity contribution in [1.29, 1.82) is 0 Å². The quantitative estimate of drug-likeness (QED) is 0.0935. The van der Waals surface area contributed by atoms with E-state index >= 15 is 0 Å². The summed E-state index contributed by atoms with van der Waals surface area (Å²) in [5.41, 5.74) is 5.22. The summed E-state index contributed by atoms with van der Waals surface area (Å²) in [7, 11) is 0. The number of carbonyl (C=O) groups is 1. The van der Waals surface area contributed by atoms with Crippen LogP contribution in [0.4, 0.5) is 0 Å². The van der Waals surface area contributed by atoms with Gasteiger partial charge in [-0.1, -0.05) is 127 Å². The van der Waals surface area contributed by atoms with Crippen molar-refractivity contribution < 1.29 is 14.3 Å². The fraction of sp³-hybridized carbons (Fsp3) is 0.472. The lowest BCUT2D eigenvalue weighted by Gasteiger charge is -2.14. The lowest BCUT2D eigenvalue weighted by Crippen LogP contribution is -2.08. The molecule has 0 aliphatic rings. The van der Waals surface area contributed by atoms with Crippen molar-refractivity contribution in [3.8, 4) is 16.9 Å². The van der Waals surface area contributed by atoms with E-state index in [1.54, 1.807) is 0 Å². The minimum Gasteiger partial charge on any atom is -0.423 e. The first-order chi connectivity index (χ1) is 19.1. The Morgan fingerprint density at radius 3 is 1.74 bits per heavy atom. The number of rotatable bonds is 18. The van der Waals surface area contributed by atoms with E-state index in [2.05, 4.69) is 45.0 Å². The summed E-state index contributed by atoms with van der Waals surface area (Å²) >= 11 is 0. The van der Waals surface area contributed by atoms with Gasteiger partial charge in [0.1, 0.15) is 5.75 Å². The Morgan fingerprint density at radius 2 is 1.18 bits per heavy atom. The maximum Gasteiger partial charge on any atom is 0.343 e. The molecule has 3 rings (SSSR count). The molecule has 0 fully saturated rings. The van der Waals surface area contributed by atoms with Crippen molar-refractivity contribution in [2.45, 2.75) is 104 Å². The molecule has 3 aromatic carbocycles. The second-order valence-corrected chi connectivity index (χ2v) is 10.7. The van der Waals surface area contributed by atoms with Crippen LogP contribution in [0.5, 0.6) is 5.75 Å². The van der Waals surface area contributed by atoms with Gasteiger partial charge in [-0.25, -0.2) is 4.79 Å². The normalized spacial score (nSPS) is 11.9. The molecular weight excluding hydrogens is 480 g/mol. The number of esters is 1. The first kappa shape index (κ1) is 30.6. The molecule has 0 aromatic heterocycles. The van der Waals surface area contributed by atoms with Gasteiger partial charge >= 0.3 is 5.97 Å². The summed E-state index contributed by atoms with van der Waals surface area (Å²) in [6.07, 6.45) is 15.6. The number of ether oxygens (including phenoxy) is 2. The maximum absolute atomic E-state index is 12.5. The third-order valence-electron chi connectivity index (χ3n) is 7.37. The molecule has 0 aliphatic carbocycles. The highest BCUT2D eigenvalue weighted by molar-refractivity contribution is 5.91. The van der Waals surface area contributed by atoms with Crippen LogP contribution < -0.4 is 4.74 Å². The van der Waals surface area contributed by atoms with Gasteiger partial charge in [-0.15, -0.1) is 0 Å². The summed E-state index contributed by atoms with van der Waals surface area (Å²) in [6.45, 7) is 7.37. The lowest BCUT2D eigenvalue weighted by molar-refractivity contribution is 0.0627. The summed E-state index contributed by atoms with van der Waals surface area (Å²) in [5, 5.41) is 0. The first-order valence-electron chi connectivity index (χ1n) is 15.2. The van der Waals surface area contributed by atoms with Gasteiger partial charge in [-0.3, -0.25) is 0 Å². The molecule has 210 valence electrons. The van der Waals surface area contributed by atoms with E-state index < -0.39 is 0 Å². The predicted molar refractivity (Wildman–Crippen MR) is 163 cm³/mol. The van der Waals surface area contributed by atoms with Crippen LogP contribution in [0.2, 0.25) is 0 Å². The Bertz CT molecular complexity index is 1070. The van der Waals surface area contributed by atoms with Crippen molar-refractivity contribution in [2.75, 3.05) is 6.61 Å². The van der Waals surface area contributed by atoms with Crippen LogP contribution in [0.15, 0.2) is 72.8 Å². The molecule has 3 heteroatoms. The van der Waals surface area contributed by atoms with Crippen LogP contribution in [0, 0.1) is 0 Å². The number of carbonyl (C=O) groups excluding carboxylic acids is 1. The number of hydrogen-bond donors (Lipinski definition) is 0. The van der Waals surface area contributed by atoms with Crippen LogP contribution in [0.1, 0.15) is 119 Å². The van der Waals surface area contributed by atoms with Crippen LogP contribution in [0.25, 0.3) is 11.1 Å². The molecule has 1 unspecified atom stereocenters. The van der Waals surface area contributed by atoms with Gasteiger partial charge < -0.3 is 9.47 Å². The van der Waals surface area contributed by atoms with Crippen LogP contribution in [0.3, 0.4) is 0 Å². The van der Waals surface area contributed by atoms with Gasteiger partial charge in [-0.2, -0.15) is 0 Å². The first-order valence-corrected chi connectivity index (χ1v) is 15.2. The summed E-state index contributed by atoms with van der Waals surface area (Å²) in [6, 6.07) is 23.9. The van der Waals surface area contributed by atoms with Crippen LogP contribution in [-0.4, -0.2) is 12.6 Å². The SMILES string of the molecule is CCCCCCCCCCCCOC(C)c1ccc(-c2ccc(OC(=O)c3ccc(CCC)cc3)cc2)cc1. The number of hydrogen-bond acceptors (Lipinski definition) is 3. The van der Waals surface area contributed by atoms with Gasteiger partial charge in [0.05, 0.1) is 11.7 Å². The summed E-state index contributed by atoms with van der Waals surface area (Å²) in [5.74, 6) is 0.217. The molecule has 3 aromatic rings. The average Bonchev–Trinajstić information content (AvgIpc) is 2.97. The third-order valence-corrected chi connectivity index (χ3v) is 7.37. The van der Waals surface area contributed by atoms with E-state index in [1.807, 2.05) is 48.5 Å². The number of unbranched alkanes of at least 4 members (excludes halogenated alkanes) is 9. The van der Waals surface area contributed by atoms with Crippen LogP contribution >= 0.6 is 0 Å². The van der Waals surface area contributed by atoms with Crippen molar-refractivity contribution >= 4 is 5.97 Å². The molecule has 0 heterocycles. The molecule has 1 atom stereocenters. The lowest BCUT2D eigenvalue weighted by atomic mass is 10.0. The van der Waals surface area contributed by atoms with Gasteiger partial charge in [0.15, 0.2) is 0 Å². The van der Waals surface area contributed by atoms with Crippen molar-refractivity contribution in [3.05, 3.63) is 89.5 Å². The smallest absolute Gasteiger partial charge is 0.343 e. The third kappa shape index (κ3) is 11.0. The standard InChI is InChI=1S/C36H48O3/c1-4-6-7-8-9-10-11-12-13-14-28-38-29(3)31-20-22-32(23-21-31)33-24-26-35(27-25-33)39-36(37)34-18-16-30(15-5-2)17-19-34/h16-27,29H,4-15,28H2,1-3H3. The summed E-state index contributed by atoms with van der Waals surface area (Å²) < 4.78 is 11.7. The Hall–Kier alpha value is -2.91. The van der Waals surface area contributed by atoms with Crippen LogP contribution in [-0.2, 0) is 11.2 Å². The maximum atomic E-state index is 12.5. The fourth-order valence-corrected chi connectivity index (χ4v) is 4.87. The second kappa shape index (κ2) is 17.6. The van der Waals surface area contributed by atoms with Crippen molar-refractivity contribution in [2.24, 2.45) is 0 Å². The van der Waals surface area contributed by atoms with Gasteiger partial charge in [0, 0.05) is 6.61 Å². The minimum absolute atomic E-state index is 0.0930. The Kier molecular flexibility index (Phi) is 13.8. The minimum atomic E-state index is -0.332. The van der Waals surface area contributed by atoms with E-state index in [9.17, 15) is 4.79 Å². The molecule has 0 radical (unpaired) electrons. The molecular formula is C36H48O3. The summed E-state index contributed by atoms with van der Waals surface area (Å²) in [4.78, 5) is 12.5. The van der Waals surface area contributed by atoms with Crippen molar-refractivity contribution in [3.63, 3.8) is 0 Å². The number of aryl methyl sites for hydroxylation is 1. The van der Waals surface area contributed by atoms with E-state index in [0.29, 0.717) is 11.3 Å². The molecule has 0 aliphatic heterocycles. The monoisotopic (exact) mass is 528 g/mol. The molecule has 39 heavy (non-hydrogen) atoms. The highest BCUT2D eigenvalue weighted by atomic mass is 16.5. The van der Waals surface area contributed by atoms with E-state index in [0.717, 1.165) is 37.0 Å². The largest absolute Gasteiger partial charge is 0.423 e. The molecule has 0 spiro atoms. The molecule has 0 amide bonds. The number of benzene rings is 3. The zero-order valence-electron chi connectivity index (χ0n) is 24.4. The van der Waals surface area contributed by atoms with Gasteiger partial charge in [0.2, 0.25) is 0 Å². The topological polar surface area (TPSA) is 35.5 Å². The van der Waals surface area contributed by atoms with Gasteiger partial charge in [0.25, 0.3) is 0 Å². The Morgan fingerprint density at radius 1 is 0.641 bits per heavy atom. The Labute approximate surface area is 237 Å².